The van der Waals surface area contributed by atoms with Crippen LogP contribution in [0.3, 0.4) is 0 Å². The molecule has 2 aromatic rings. The predicted octanol–water partition coefficient (Wildman–Crippen LogP) is 2.57. The highest BCUT2D eigenvalue weighted by atomic mass is 16.5. The molecule has 2 N–H and O–H groups in total. The summed E-state index contributed by atoms with van der Waals surface area (Å²) in [5.41, 5.74) is 1.97. The third-order valence-electron chi connectivity index (χ3n) is 3.39. The maximum absolute atomic E-state index is 10.1. The van der Waals surface area contributed by atoms with Gasteiger partial charge in [0.05, 0.1) is 0 Å². The number of aliphatic hydroxyl groups excluding tert-OH is 1. The molecule has 0 aliphatic carbocycles. The Labute approximate surface area is 131 Å². The molecule has 0 bridgehead atoms. The van der Waals surface area contributed by atoms with Gasteiger partial charge in [0.25, 0.3) is 0 Å². The molecule has 2 rings (SSSR count). The van der Waals surface area contributed by atoms with Crippen molar-refractivity contribution in [2.75, 3.05) is 20.2 Å². The molecule has 0 aromatic heterocycles. The number of likely N-dealkylation sites (N-methyl/N-ethyl adjacent to an activating group) is 1. The quantitative estimate of drug-likeness (QED) is 0.825. The van der Waals surface area contributed by atoms with Crippen molar-refractivity contribution in [3.05, 3.63) is 59.7 Å². The average molecular weight is 301 g/mol. The van der Waals surface area contributed by atoms with E-state index in [0.29, 0.717) is 13.1 Å². The van der Waals surface area contributed by atoms with Gasteiger partial charge in [-0.15, -0.1) is 0 Å². The molecule has 4 nitrogen and oxygen atoms in total. The van der Waals surface area contributed by atoms with Gasteiger partial charge in [0.15, 0.2) is 0 Å². The van der Waals surface area contributed by atoms with Crippen molar-refractivity contribution in [3.8, 4) is 11.5 Å². The number of aliphatic hydroxyl groups is 1. The maximum atomic E-state index is 10.1. The SMILES string of the molecule is Cc1cccc(OCC(O)CN(C)Cc2ccccc2O)c1. The fraction of sp³-hybridized carbons (Fsp3) is 0.333. The molecule has 22 heavy (non-hydrogen) atoms. The van der Waals surface area contributed by atoms with Crippen molar-refractivity contribution in [3.63, 3.8) is 0 Å². The molecule has 0 spiro atoms. The Kier molecular flexibility index (Phi) is 5.81. The Morgan fingerprint density at radius 3 is 2.64 bits per heavy atom. The largest absolute Gasteiger partial charge is 0.508 e. The van der Waals surface area contributed by atoms with Crippen LogP contribution in [0.5, 0.6) is 11.5 Å². The van der Waals surface area contributed by atoms with Crippen molar-refractivity contribution in [2.45, 2.75) is 19.6 Å². The summed E-state index contributed by atoms with van der Waals surface area (Å²) in [5.74, 6) is 1.04. The van der Waals surface area contributed by atoms with Crippen LogP contribution in [0.15, 0.2) is 48.5 Å². The average Bonchev–Trinajstić information content (AvgIpc) is 2.47. The Balaban J connectivity index is 1.79. The number of hydrogen-bond donors (Lipinski definition) is 2. The summed E-state index contributed by atoms with van der Waals surface area (Å²) in [6.07, 6.45) is -0.587. The summed E-state index contributed by atoms with van der Waals surface area (Å²) < 4.78 is 5.60. The van der Waals surface area contributed by atoms with Gasteiger partial charge in [-0.2, -0.15) is 0 Å². The van der Waals surface area contributed by atoms with Gasteiger partial charge in [-0.1, -0.05) is 30.3 Å². The first-order valence-electron chi connectivity index (χ1n) is 7.37. The third-order valence-corrected chi connectivity index (χ3v) is 3.39. The third kappa shape index (κ3) is 5.06. The number of nitrogens with zero attached hydrogens (tertiary/aromatic N) is 1. The van der Waals surface area contributed by atoms with E-state index < -0.39 is 6.10 Å². The van der Waals surface area contributed by atoms with Gasteiger partial charge >= 0.3 is 0 Å². The number of benzene rings is 2. The summed E-state index contributed by atoms with van der Waals surface area (Å²) in [7, 11) is 1.91. The first kappa shape index (κ1) is 16.3. The molecule has 1 unspecified atom stereocenters. The van der Waals surface area contributed by atoms with Crippen molar-refractivity contribution in [1.29, 1.82) is 0 Å². The lowest BCUT2D eigenvalue weighted by Gasteiger charge is -2.21. The van der Waals surface area contributed by atoms with Crippen molar-refractivity contribution in [1.82, 2.24) is 4.90 Å². The zero-order valence-electron chi connectivity index (χ0n) is 13.1. The molecule has 0 saturated carbocycles. The van der Waals surface area contributed by atoms with Gasteiger partial charge in [-0.3, -0.25) is 4.90 Å². The fourth-order valence-electron chi connectivity index (χ4n) is 2.31. The second-order valence-corrected chi connectivity index (χ2v) is 5.61. The zero-order valence-corrected chi connectivity index (χ0v) is 13.1. The highest BCUT2D eigenvalue weighted by molar-refractivity contribution is 5.31. The molecule has 4 heteroatoms. The van der Waals surface area contributed by atoms with Crippen LogP contribution in [-0.4, -0.2) is 41.4 Å². The van der Waals surface area contributed by atoms with Crippen molar-refractivity contribution >= 4 is 0 Å². The number of aryl methyl sites for hydroxylation is 1. The molecule has 1 atom stereocenters. The van der Waals surface area contributed by atoms with E-state index in [9.17, 15) is 10.2 Å². The van der Waals surface area contributed by atoms with Crippen LogP contribution in [0.4, 0.5) is 0 Å². The topological polar surface area (TPSA) is 52.9 Å². The molecular weight excluding hydrogens is 278 g/mol. The Bertz CT molecular complexity index is 600. The van der Waals surface area contributed by atoms with Crippen LogP contribution >= 0.6 is 0 Å². The van der Waals surface area contributed by atoms with Crippen molar-refractivity contribution in [2.24, 2.45) is 0 Å². The van der Waals surface area contributed by atoms with Crippen LogP contribution in [-0.2, 0) is 6.54 Å². The minimum atomic E-state index is -0.587. The van der Waals surface area contributed by atoms with Crippen LogP contribution in [0.2, 0.25) is 0 Å². The summed E-state index contributed by atoms with van der Waals surface area (Å²) in [6, 6.07) is 15.0. The van der Waals surface area contributed by atoms with Gasteiger partial charge in [0, 0.05) is 18.7 Å². The summed E-state index contributed by atoms with van der Waals surface area (Å²) >= 11 is 0. The number of phenolic OH excluding ortho intramolecular Hbond substituents is 1. The molecule has 0 radical (unpaired) electrons. The lowest BCUT2D eigenvalue weighted by Crippen LogP contribution is -2.32. The van der Waals surface area contributed by atoms with E-state index in [1.54, 1.807) is 12.1 Å². The monoisotopic (exact) mass is 301 g/mol. The highest BCUT2D eigenvalue weighted by Crippen LogP contribution is 2.17. The number of hydrogen-bond acceptors (Lipinski definition) is 4. The minimum Gasteiger partial charge on any atom is -0.508 e. The van der Waals surface area contributed by atoms with Gasteiger partial charge in [0.1, 0.15) is 24.2 Å². The van der Waals surface area contributed by atoms with Crippen LogP contribution in [0, 0.1) is 6.92 Å². The summed E-state index contributed by atoms with van der Waals surface area (Å²) in [6.45, 7) is 3.30. The standard InChI is InChI=1S/C18H23NO3/c1-14-6-5-8-17(10-14)22-13-16(20)12-19(2)11-15-7-3-4-9-18(15)21/h3-10,16,20-21H,11-13H2,1-2H3. The molecular formula is C18H23NO3. The van der Waals surface area contributed by atoms with E-state index in [1.165, 1.54) is 0 Å². The van der Waals surface area contributed by atoms with Gasteiger partial charge in [-0.05, 0) is 37.7 Å². The van der Waals surface area contributed by atoms with Crippen molar-refractivity contribution < 1.29 is 14.9 Å². The lowest BCUT2D eigenvalue weighted by molar-refractivity contribution is 0.0741. The van der Waals surface area contributed by atoms with E-state index in [1.807, 2.05) is 55.3 Å². The summed E-state index contributed by atoms with van der Waals surface area (Å²) in [4.78, 5) is 1.96. The second kappa shape index (κ2) is 7.82. The van der Waals surface area contributed by atoms with E-state index in [4.69, 9.17) is 4.74 Å². The Morgan fingerprint density at radius 1 is 1.14 bits per heavy atom. The smallest absolute Gasteiger partial charge is 0.120 e. The highest BCUT2D eigenvalue weighted by Gasteiger charge is 2.11. The first-order chi connectivity index (χ1) is 10.5. The molecule has 0 aliphatic rings. The number of para-hydroxylation sites is 1. The predicted molar refractivity (Wildman–Crippen MR) is 87.1 cm³/mol. The first-order valence-corrected chi connectivity index (χ1v) is 7.37. The lowest BCUT2D eigenvalue weighted by atomic mass is 10.2. The van der Waals surface area contributed by atoms with E-state index >= 15 is 0 Å². The minimum absolute atomic E-state index is 0.245. The van der Waals surface area contributed by atoms with Gasteiger partial charge in [0.2, 0.25) is 0 Å². The molecule has 118 valence electrons. The van der Waals surface area contributed by atoms with E-state index in [2.05, 4.69) is 0 Å². The number of phenols is 1. The van der Waals surface area contributed by atoms with E-state index in [0.717, 1.165) is 16.9 Å². The molecule has 0 amide bonds. The maximum Gasteiger partial charge on any atom is 0.120 e. The van der Waals surface area contributed by atoms with E-state index in [-0.39, 0.29) is 12.4 Å². The molecule has 2 aromatic carbocycles. The molecule has 0 aliphatic heterocycles. The van der Waals surface area contributed by atoms with Crippen LogP contribution < -0.4 is 4.74 Å². The Hall–Kier alpha value is -2.04. The second-order valence-electron chi connectivity index (χ2n) is 5.61. The number of aromatic hydroxyl groups is 1. The van der Waals surface area contributed by atoms with Gasteiger partial charge in [-0.25, -0.2) is 0 Å². The van der Waals surface area contributed by atoms with Gasteiger partial charge < -0.3 is 14.9 Å². The molecule has 0 heterocycles. The van der Waals surface area contributed by atoms with Crippen LogP contribution in [0.25, 0.3) is 0 Å². The Morgan fingerprint density at radius 2 is 1.91 bits per heavy atom. The number of rotatable bonds is 7. The zero-order chi connectivity index (χ0) is 15.9. The number of ether oxygens (including phenoxy) is 1. The normalized spacial score (nSPS) is 12.4. The fourth-order valence-corrected chi connectivity index (χ4v) is 2.31. The molecule has 0 saturated heterocycles. The van der Waals surface area contributed by atoms with Crippen LogP contribution in [0.1, 0.15) is 11.1 Å². The molecule has 0 fully saturated rings. The summed E-state index contributed by atoms with van der Waals surface area (Å²) in [5, 5.41) is 19.8.